The van der Waals surface area contributed by atoms with Crippen LogP contribution in [0.2, 0.25) is 0 Å². The van der Waals surface area contributed by atoms with Gasteiger partial charge in [-0.15, -0.1) is 0 Å². The fourth-order valence-corrected chi connectivity index (χ4v) is 4.50. The van der Waals surface area contributed by atoms with Gasteiger partial charge in [-0.3, -0.25) is 4.79 Å². The van der Waals surface area contributed by atoms with E-state index in [0.29, 0.717) is 6.54 Å². The van der Waals surface area contributed by atoms with Crippen molar-refractivity contribution in [1.82, 2.24) is 10.0 Å². The molecule has 0 heterocycles. The van der Waals surface area contributed by atoms with E-state index in [2.05, 4.69) is 34.3 Å². The van der Waals surface area contributed by atoms with Gasteiger partial charge in [0, 0.05) is 18.0 Å². The van der Waals surface area contributed by atoms with E-state index in [4.69, 9.17) is 0 Å². The highest BCUT2D eigenvalue weighted by molar-refractivity contribution is 7.89. The van der Waals surface area contributed by atoms with Gasteiger partial charge in [-0.2, -0.15) is 0 Å². The molecule has 0 aliphatic heterocycles. The Balaban J connectivity index is 1.62. The zero-order chi connectivity index (χ0) is 20.0. The average Bonchev–Trinajstić information content (AvgIpc) is 3.22. The number of amides is 1. The molecular weight excluding hydrogens is 372 g/mol. The second kappa shape index (κ2) is 8.71. The molecule has 6 heteroatoms. The van der Waals surface area contributed by atoms with E-state index < -0.39 is 10.0 Å². The SMILES string of the molecule is CNS(=O)(=O)c1ccc(/C=C/C(=O)NCC2(c3ccccc3)CCCC2)cc1. The highest BCUT2D eigenvalue weighted by atomic mass is 32.2. The van der Waals surface area contributed by atoms with E-state index in [1.807, 2.05) is 6.07 Å². The minimum Gasteiger partial charge on any atom is -0.352 e. The van der Waals surface area contributed by atoms with Crippen LogP contribution in [0.15, 0.2) is 65.6 Å². The van der Waals surface area contributed by atoms with Crippen molar-refractivity contribution in [2.45, 2.75) is 36.0 Å². The van der Waals surface area contributed by atoms with Crippen molar-refractivity contribution in [2.75, 3.05) is 13.6 Å². The second-order valence-electron chi connectivity index (χ2n) is 7.18. The first-order chi connectivity index (χ1) is 13.5. The summed E-state index contributed by atoms with van der Waals surface area (Å²) in [5, 5.41) is 3.05. The predicted molar refractivity (Wildman–Crippen MR) is 111 cm³/mol. The van der Waals surface area contributed by atoms with Crippen molar-refractivity contribution in [3.63, 3.8) is 0 Å². The summed E-state index contributed by atoms with van der Waals surface area (Å²) in [5.74, 6) is -0.144. The molecule has 1 aliphatic rings. The van der Waals surface area contributed by atoms with Gasteiger partial charge in [0.25, 0.3) is 0 Å². The number of carbonyl (C=O) groups is 1. The van der Waals surface area contributed by atoms with Gasteiger partial charge in [-0.1, -0.05) is 55.3 Å². The van der Waals surface area contributed by atoms with E-state index in [0.717, 1.165) is 18.4 Å². The minimum absolute atomic E-state index is 0.0217. The number of hydrogen-bond acceptors (Lipinski definition) is 3. The lowest BCUT2D eigenvalue weighted by atomic mass is 9.79. The summed E-state index contributed by atoms with van der Waals surface area (Å²) in [6, 6.07) is 16.8. The quantitative estimate of drug-likeness (QED) is 0.703. The van der Waals surface area contributed by atoms with Gasteiger partial charge in [0.1, 0.15) is 0 Å². The van der Waals surface area contributed by atoms with Crippen LogP contribution in [0.1, 0.15) is 36.8 Å². The van der Waals surface area contributed by atoms with E-state index in [1.165, 1.54) is 43.7 Å². The first-order valence-corrected chi connectivity index (χ1v) is 11.0. The van der Waals surface area contributed by atoms with Crippen LogP contribution in [0.4, 0.5) is 0 Å². The molecule has 0 spiro atoms. The summed E-state index contributed by atoms with van der Waals surface area (Å²) < 4.78 is 25.8. The Morgan fingerprint density at radius 3 is 2.29 bits per heavy atom. The Morgan fingerprint density at radius 1 is 1.04 bits per heavy atom. The van der Waals surface area contributed by atoms with Crippen LogP contribution in [0.25, 0.3) is 6.08 Å². The first-order valence-electron chi connectivity index (χ1n) is 9.50. The molecule has 2 aromatic rings. The minimum atomic E-state index is -3.45. The average molecular weight is 399 g/mol. The fourth-order valence-electron chi connectivity index (χ4n) is 3.77. The standard InChI is InChI=1S/C22H26N2O3S/c1-23-28(26,27)20-12-9-18(10-13-20)11-14-21(25)24-17-22(15-5-6-16-22)19-7-3-2-4-8-19/h2-4,7-14,23H,5-6,15-17H2,1H3,(H,24,25)/b14-11+. The molecule has 0 saturated heterocycles. The topological polar surface area (TPSA) is 75.3 Å². The molecule has 1 fully saturated rings. The van der Waals surface area contributed by atoms with Gasteiger partial charge in [0.15, 0.2) is 0 Å². The summed E-state index contributed by atoms with van der Waals surface area (Å²) >= 11 is 0. The smallest absolute Gasteiger partial charge is 0.244 e. The van der Waals surface area contributed by atoms with Crippen molar-refractivity contribution in [2.24, 2.45) is 0 Å². The van der Waals surface area contributed by atoms with Crippen molar-refractivity contribution < 1.29 is 13.2 Å². The van der Waals surface area contributed by atoms with Gasteiger partial charge in [0.2, 0.25) is 15.9 Å². The Morgan fingerprint density at radius 2 is 1.68 bits per heavy atom. The number of benzene rings is 2. The summed E-state index contributed by atoms with van der Waals surface area (Å²) in [4.78, 5) is 12.5. The Labute approximate surface area is 166 Å². The number of hydrogen-bond donors (Lipinski definition) is 2. The third-order valence-electron chi connectivity index (χ3n) is 5.43. The lowest BCUT2D eigenvalue weighted by Crippen LogP contribution is -2.38. The molecule has 0 radical (unpaired) electrons. The molecule has 2 aromatic carbocycles. The zero-order valence-corrected chi connectivity index (χ0v) is 16.8. The highest BCUT2D eigenvalue weighted by Crippen LogP contribution is 2.40. The maximum absolute atomic E-state index is 12.3. The van der Waals surface area contributed by atoms with Gasteiger partial charge >= 0.3 is 0 Å². The fraction of sp³-hybridized carbons (Fsp3) is 0.318. The molecule has 0 bridgehead atoms. The van der Waals surface area contributed by atoms with E-state index in [9.17, 15) is 13.2 Å². The molecule has 1 saturated carbocycles. The summed E-state index contributed by atoms with van der Waals surface area (Å²) in [5.41, 5.74) is 2.08. The maximum atomic E-state index is 12.3. The number of sulfonamides is 1. The number of nitrogens with one attached hydrogen (secondary N) is 2. The molecule has 148 valence electrons. The number of carbonyl (C=O) groups excluding carboxylic acids is 1. The lowest BCUT2D eigenvalue weighted by Gasteiger charge is -2.29. The molecule has 5 nitrogen and oxygen atoms in total. The monoisotopic (exact) mass is 398 g/mol. The van der Waals surface area contributed by atoms with Gasteiger partial charge in [-0.25, -0.2) is 13.1 Å². The van der Waals surface area contributed by atoms with Crippen molar-refractivity contribution in [1.29, 1.82) is 0 Å². The largest absolute Gasteiger partial charge is 0.352 e. The van der Waals surface area contributed by atoms with E-state index in [-0.39, 0.29) is 16.2 Å². The molecule has 1 aliphatic carbocycles. The van der Waals surface area contributed by atoms with Gasteiger partial charge in [-0.05, 0) is 49.2 Å². The zero-order valence-electron chi connectivity index (χ0n) is 16.0. The summed E-state index contributed by atoms with van der Waals surface area (Å²) in [7, 11) is -2.08. The van der Waals surface area contributed by atoms with Gasteiger partial charge < -0.3 is 5.32 Å². The molecule has 2 N–H and O–H groups in total. The molecular formula is C22H26N2O3S. The Bertz CT molecular complexity index is 930. The predicted octanol–water partition coefficient (Wildman–Crippen LogP) is 3.24. The molecule has 3 rings (SSSR count). The third kappa shape index (κ3) is 4.69. The second-order valence-corrected chi connectivity index (χ2v) is 9.07. The van der Waals surface area contributed by atoms with Crippen LogP contribution in [-0.2, 0) is 20.2 Å². The van der Waals surface area contributed by atoms with Gasteiger partial charge in [0.05, 0.1) is 4.90 Å². The molecule has 0 unspecified atom stereocenters. The van der Waals surface area contributed by atoms with Crippen molar-refractivity contribution in [3.05, 3.63) is 71.8 Å². The summed E-state index contributed by atoms with van der Waals surface area (Å²) in [6.07, 6.45) is 7.72. The lowest BCUT2D eigenvalue weighted by molar-refractivity contribution is -0.116. The maximum Gasteiger partial charge on any atom is 0.244 e. The first kappa shape index (κ1) is 20.3. The Hall–Kier alpha value is -2.44. The van der Waals surface area contributed by atoms with E-state index in [1.54, 1.807) is 18.2 Å². The summed E-state index contributed by atoms with van der Waals surface area (Å²) in [6.45, 7) is 0.625. The number of rotatable bonds is 7. The van der Waals surface area contributed by atoms with Crippen LogP contribution in [0, 0.1) is 0 Å². The highest BCUT2D eigenvalue weighted by Gasteiger charge is 2.35. The van der Waals surface area contributed by atoms with Crippen LogP contribution >= 0.6 is 0 Å². The van der Waals surface area contributed by atoms with Crippen LogP contribution in [0.3, 0.4) is 0 Å². The molecule has 28 heavy (non-hydrogen) atoms. The van der Waals surface area contributed by atoms with Crippen LogP contribution in [-0.4, -0.2) is 27.9 Å². The van der Waals surface area contributed by atoms with Crippen LogP contribution < -0.4 is 10.0 Å². The Kier molecular flexibility index (Phi) is 6.31. The van der Waals surface area contributed by atoms with Crippen molar-refractivity contribution in [3.8, 4) is 0 Å². The molecule has 0 aromatic heterocycles. The van der Waals surface area contributed by atoms with Crippen molar-refractivity contribution >= 4 is 22.0 Å². The molecule has 1 amide bonds. The normalized spacial score (nSPS) is 16.3. The third-order valence-corrected chi connectivity index (χ3v) is 6.86. The van der Waals surface area contributed by atoms with Crippen LogP contribution in [0.5, 0.6) is 0 Å². The van der Waals surface area contributed by atoms with E-state index >= 15 is 0 Å². The molecule has 0 atom stereocenters.